The van der Waals surface area contributed by atoms with Crippen molar-refractivity contribution in [1.82, 2.24) is 14.8 Å². The Kier molecular flexibility index (Phi) is 6.73. The fourth-order valence-electron chi connectivity index (χ4n) is 4.05. The summed E-state index contributed by atoms with van der Waals surface area (Å²) in [6, 6.07) is 15.4. The highest BCUT2D eigenvalue weighted by molar-refractivity contribution is 6.16. The van der Waals surface area contributed by atoms with E-state index in [9.17, 15) is 19.2 Å². The summed E-state index contributed by atoms with van der Waals surface area (Å²) in [6.45, 7) is 5.34. The number of carbonyl (C=O) groups is 4. The third kappa shape index (κ3) is 4.90. The molecule has 184 valence electrons. The Morgan fingerprint density at radius 3 is 2.31 bits per heavy atom. The maximum Gasteiger partial charge on any atom is 0.337 e. The number of aromatic nitrogens is 1. The van der Waals surface area contributed by atoms with E-state index in [2.05, 4.69) is 10.6 Å². The summed E-state index contributed by atoms with van der Waals surface area (Å²) in [5, 5.41) is 5.25. The molecule has 1 aromatic heterocycles. The molecular formula is C27H26N4O5. The van der Waals surface area contributed by atoms with Gasteiger partial charge >= 0.3 is 12.0 Å². The van der Waals surface area contributed by atoms with Crippen LogP contribution < -0.4 is 10.6 Å². The van der Waals surface area contributed by atoms with Crippen LogP contribution in [-0.2, 0) is 14.3 Å². The number of urea groups is 1. The average Bonchev–Trinajstić information content (AvgIpc) is 3.29. The molecule has 1 saturated heterocycles. The second-order valence-electron chi connectivity index (χ2n) is 8.49. The van der Waals surface area contributed by atoms with Crippen molar-refractivity contribution in [2.24, 2.45) is 0 Å². The van der Waals surface area contributed by atoms with Crippen LogP contribution in [0.25, 0.3) is 11.8 Å². The monoisotopic (exact) mass is 486 g/mol. The van der Waals surface area contributed by atoms with Crippen molar-refractivity contribution < 1.29 is 23.9 Å². The number of imide groups is 1. The smallest absolute Gasteiger partial charge is 0.337 e. The highest BCUT2D eigenvalue weighted by atomic mass is 16.5. The number of esters is 1. The predicted octanol–water partition coefficient (Wildman–Crippen LogP) is 3.72. The Balaban J connectivity index is 1.51. The number of methoxy groups -OCH3 is 1. The largest absolute Gasteiger partial charge is 0.465 e. The van der Waals surface area contributed by atoms with Gasteiger partial charge in [0.1, 0.15) is 12.2 Å². The van der Waals surface area contributed by atoms with Crippen LogP contribution in [0.1, 0.15) is 32.9 Å². The minimum absolute atomic E-state index is 0.0874. The number of carbonyl (C=O) groups excluding carboxylic acids is 4. The first-order valence-corrected chi connectivity index (χ1v) is 11.3. The van der Waals surface area contributed by atoms with Crippen molar-refractivity contribution in [1.29, 1.82) is 0 Å². The van der Waals surface area contributed by atoms with Gasteiger partial charge in [-0.3, -0.25) is 9.59 Å². The summed E-state index contributed by atoms with van der Waals surface area (Å²) in [5.41, 5.74) is 5.47. The Labute approximate surface area is 208 Å². The molecule has 1 aliphatic heterocycles. The number of benzene rings is 2. The summed E-state index contributed by atoms with van der Waals surface area (Å²) in [4.78, 5) is 50.3. The molecular weight excluding hydrogens is 460 g/mol. The minimum atomic E-state index is -0.655. The van der Waals surface area contributed by atoms with Gasteiger partial charge in [-0.2, -0.15) is 0 Å². The van der Waals surface area contributed by atoms with Gasteiger partial charge in [-0.15, -0.1) is 0 Å². The molecule has 9 heteroatoms. The van der Waals surface area contributed by atoms with Gasteiger partial charge in [0.05, 0.1) is 12.7 Å². The molecule has 2 aromatic carbocycles. The average molecular weight is 487 g/mol. The maximum absolute atomic E-state index is 12.9. The quantitative estimate of drug-likeness (QED) is 0.314. The van der Waals surface area contributed by atoms with Crippen LogP contribution in [0.3, 0.4) is 0 Å². The summed E-state index contributed by atoms with van der Waals surface area (Å²) in [7, 11) is 1.33. The molecule has 4 amide bonds. The van der Waals surface area contributed by atoms with Crippen LogP contribution in [0.4, 0.5) is 10.5 Å². The maximum atomic E-state index is 12.9. The number of hydrogen-bond acceptors (Lipinski definition) is 5. The van der Waals surface area contributed by atoms with Crippen LogP contribution in [0.15, 0.2) is 60.3 Å². The van der Waals surface area contributed by atoms with Crippen molar-refractivity contribution in [2.45, 2.75) is 20.8 Å². The number of nitrogens with one attached hydrogen (secondary N) is 2. The van der Waals surface area contributed by atoms with Crippen molar-refractivity contribution in [3.8, 4) is 5.69 Å². The topological polar surface area (TPSA) is 110 Å². The standard InChI is InChI=1S/C27H26N4O5/c1-16-5-9-21(10-6-16)28-24(32)15-30-25(33)23(29-27(30)35)14-20-13-17(2)31(18(20)3)22-11-7-19(8-12-22)26(34)36-4/h5-14H,15H2,1-4H3,(H,28,32)(H,29,35)/b23-14+. The summed E-state index contributed by atoms with van der Waals surface area (Å²) in [6.07, 6.45) is 1.60. The normalized spacial score (nSPS) is 14.2. The van der Waals surface area contributed by atoms with Gasteiger partial charge in [-0.25, -0.2) is 14.5 Å². The number of nitrogens with zero attached hydrogens (tertiary/aromatic N) is 2. The summed E-state index contributed by atoms with van der Waals surface area (Å²) >= 11 is 0. The molecule has 3 aromatic rings. The van der Waals surface area contributed by atoms with Crippen LogP contribution >= 0.6 is 0 Å². The molecule has 0 bridgehead atoms. The zero-order valence-corrected chi connectivity index (χ0v) is 20.4. The first kappa shape index (κ1) is 24.5. The van der Waals surface area contributed by atoms with Gasteiger partial charge < -0.3 is 19.9 Å². The van der Waals surface area contributed by atoms with E-state index in [1.165, 1.54) is 7.11 Å². The molecule has 0 aliphatic carbocycles. The highest BCUT2D eigenvalue weighted by Crippen LogP contribution is 2.24. The van der Waals surface area contributed by atoms with Crippen molar-refractivity contribution >= 4 is 35.6 Å². The summed E-state index contributed by atoms with van der Waals surface area (Å²) in [5.74, 6) is -1.47. The third-order valence-corrected chi connectivity index (χ3v) is 5.92. The Morgan fingerprint density at radius 1 is 1.00 bits per heavy atom. The van der Waals surface area contributed by atoms with Crippen LogP contribution in [0, 0.1) is 20.8 Å². The van der Waals surface area contributed by atoms with E-state index in [1.54, 1.807) is 42.5 Å². The lowest BCUT2D eigenvalue weighted by molar-refractivity contribution is -0.127. The van der Waals surface area contributed by atoms with E-state index in [0.717, 1.165) is 33.1 Å². The summed E-state index contributed by atoms with van der Waals surface area (Å²) < 4.78 is 6.72. The molecule has 36 heavy (non-hydrogen) atoms. The lowest BCUT2D eigenvalue weighted by Crippen LogP contribution is -2.38. The zero-order chi connectivity index (χ0) is 26.0. The number of anilines is 1. The molecule has 0 radical (unpaired) electrons. The lowest BCUT2D eigenvalue weighted by atomic mass is 10.2. The van der Waals surface area contributed by atoms with E-state index < -0.39 is 30.4 Å². The van der Waals surface area contributed by atoms with Gasteiger partial charge in [-0.1, -0.05) is 17.7 Å². The molecule has 0 unspecified atom stereocenters. The Morgan fingerprint density at radius 2 is 1.67 bits per heavy atom. The molecule has 1 aliphatic rings. The van der Waals surface area contributed by atoms with Crippen molar-refractivity contribution in [3.05, 3.63) is 88.4 Å². The fourth-order valence-corrected chi connectivity index (χ4v) is 4.05. The lowest BCUT2D eigenvalue weighted by Gasteiger charge is -2.12. The third-order valence-electron chi connectivity index (χ3n) is 5.92. The van der Waals surface area contributed by atoms with E-state index in [-0.39, 0.29) is 5.70 Å². The molecule has 0 spiro atoms. The van der Waals surface area contributed by atoms with Gasteiger partial charge in [-0.05, 0) is 74.9 Å². The Hall–Kier alpha value is -4.66. The second-order valence-corrected chi connectivity index (χ2v) is 8.49. The second kappa shape index (κ2) is 9.91. The van der Waals surface area contributed by atoms with Crippen molar-refractivity contribution in [3.63, 3.8) is 0 Å². The Bertz CT molecular complexity index is 1380. The first-order chi connectivity index (χ1) is 17.2. The number of ether oxygens (including phenoxy) is 1. The van der Waals surface area contributed by atoms with Gasteiger partial charge in [0.2, 0.25) is 5.91 Å². The van der Waals surface area contributed by atoms with E-state index in [4.69, 9.17) is 4.74 Å². The van der Waals surface area contributed by atoms with E-state index >= 15 is 0 Å². The molecule has 2 N–H and O–H groups in total. The molecule has 1 fully saturated rings. The van der Waals surface area contributed by atoms with E-state index in [0.29, 0.717) is 11.3 Å². The molecule has 0 atom stereocenters. The number of rotatable bonds is 6. The molecule has 0 saturated carbocycles. The van der Waals surface area contributed by atoms with Gasteiger partial charge in [0.25, 0.3) is 5.91 Å². The predicted molar refractivity (Wildman–Crippen MR) is 135 cm³/mol. The molecule has 9 nitrogen and oxygen atoms in total. The van der Waals surface area contributed by atoms with Crippen LogP contribution in [-0.4, -0.2) is 46.9 Å². The SMILES string of the molecule is COC(=O)c1ccc(-n2c(C)cc(/C=C3/NC(=O)N(CC(=O)Nc4ccc(C)cc4)C3=O)c2C)cc1. The van der Waals surface area contributed by atoms with Crippen LogP contribution in [0.5, 0.6) is 0 Å². The fraction of sp³-hybridized carbons (Fsp3) is 0.185. The minimum Gasteiger partial charge on any atom is -0.465 e. The number of amides is 4. The molecule has 2 heterocycles. The number of aryl methyl sites for hydroxylation is 2. The van der Waals surface area contributed by atoms with Gasteiger partial charge in [0, 0.05) is 22.8 Å². The molecule has 4 rings (SSSR count). The van der Waals surface area contributed by atoms with E-state index in [1.807, 2.05) is 43.5 Å². The zero-order valence-electron chi connectivity index (χ0n) is 20.4. The van der Waals surface area contributed by atoms with Crippen molar-refractivity contribution in [2.75, 3.05) is 19.0 Å². The first-order valence-electron chi connectivity index (χ1n) is 11.3. The van der Waals surface area contributed by atoms with Gasteiger partial charge in [0.15, 0.2) is 0 Å². The highest BCUT2D eigenvalue weighted by Gasteiger charge is 2.35. The van der Waals surface area contributed by atoms with Crippen LogP contribution in [0.2, 0.25) is 0 Å². The number of hydrogen-bond donors (Lipinski definition) is 2.